The highest BCUT2D eigenvalue weighted by Crippen LogP contribution is 2.32. The van der Waals surface area contributed by atoms with Gasteiger partial charge >= 0.3 is 0 Å². The molecule has 0 spiro atoms. The molecular formula is C16H23N3O. The van der Waals surface area contributed by atoms with Gasteiger partial charge in [-0.15, -0.1) is 0 Å². The van der Waals surface area contributed by atoms with E-state index < -0.39 is 0 Å². The lowest BCUT2D eigenvalue weighted by Gasteiger charge is -2.35. The fraction of sp³-hybridized carbons (Fsp3) is 0.438. The zero-order valence-corrected chi connectivity index (χ0v) is 12.6. The monoisotopic (exact) mass is 273 g/mol. The van der Waals surface area contributed by atoms with Crippen LogP contribution in [0.3, 0.4) is 0 Å². The summed E-state index contributed by atoms with van der Waals surface area (Å²) in [7, 11) is 3.72. The van der Waals surface area contributed by atoms with Crippen LogP contribution in [0.25, 0.3) is 5.69 Å². The van der Waals surface area contributed by atoms with Crippen LogP contribution in [0.4, 0.5) is 0 Å². The molecule has 2 rings (SSSR count). The second kappa shape index (κ2) is 6.20. The number of benzene rings is 1. The molecule has 20 heavy (non-hydrogen) atoms. The Kier molecular flexibility index (Phi) is 4.57. The summed E-state index contributed by atoms with van der Waals surface area (Å²) in [6.45, 7) is 4.26. The smallest absolute Gasteiger partial charge is 0.0857 e. The number of para-hydroxylation sites is 1. The molecule has 2 atom stereocenters. The highest BCUT2D eigenvalue weighted by atomic mass is 16.5. The first-order chi connectivity index (χ1) is 9.66. The van der Waals surface area contributed by atoms with Crippen molar-refractivity contribution in [3.8, 4) is 5.69 Å². The Morgan fingerprint density at radius 3 is 2.55 bits per heavy atom. The predicted molar refractivity (Wildman–Crippen MR) is 81.1 cm³/mol. The van der Waals surface area contributed by atoms with Gasteiger partial charge in [0, 0.05) is 13.3 Å². The minimum atomic E-state index is -0.276. The number of rotatable bonds is 6. The van der Waals surface area contributed by atoms with Gasteiger partial charge in [0.1, 0.15) is 0 Å². The molecule has 4 heteroatoms. The molecule has 0 saturated carbocycles. The summed E-state index contributed by atoms with van der Waals surface area (Å²) < 4.78 is 7.72. The quantitative estimate of drug-likeness (QED) is 0.879. The second-order valence-corrected chi connectivity index (χ2v) is 5.10. The molecule has 0 amide bonds. The van der Waals surface area contributed by atoms with E-state index >= 15 is 0 Å². The Labute approximate surface area is 120 Å². The van der Waals surface area contributed by atoms with E-state index in [0.29, 0.717) is 0 Å². The molecule has 0 fully saturated rings. The topological polar surface area (TPSA) is 39.1 Å². The zero-order valence-electron chi connectivity index (χ0n) is 12.6. The summed E-state index contributed by atoms with van der Waals surface area (Å²) in [5, 5.41) is 7.83. The Balaban J connectivity index is 2.45. The molecule has 2 aromatic rings. The number of hydrogen-bond acceptors (Lipinski definition) is 3. The first-order valence-corrected chi connectivity index (χ1v) is 6.98. The van der Waals surface area contributed by atoms with Crippen molar-refractivity contribution in [3.63, 3.8) is 0 Å². The van der Waals surface area contributed by atoms with Crippen molar-refractivity contribution in [2.24, 2.45) is 0 Å². The molecular weight excluding hydrogens is 250 g/mol. The molecule has 4 nitrogen and oxygen atoms in total. The summed E-state index contributed by atoms with van der Waals surface area (Å²) in [5.41, 5.74) is 1.88. The van der Waals surface area contributed by atoms with Gasteiger partial charge in [-0.2, -0.15) is 5.10 Å². The average Bonchev–Trinajstić information content (AvgIpc) is 2.97. The van der Waals surface area contributed by atoms with E-state index in [-0.39, 0.29) is 11.6 Å². The average molecular weight is 273 g/mol. The third kappa shape index (κ3) is 2.62. The highest BCUT2D eigenvalue weighted by Gasteiger charge is 2.35. The first-order valence-electron chi connectivity index (χ1n) is 6.98. The molecule has 0 radical (unpaired) electrons. The number of hydrogen-bond donors (Lipinski definition) is 1. The normalized spacial score (nSPS) is 15.8. The van der Waals surface area contributed by atoms with Crippen molar-refractivity contribution < 1.29 is 4.74 Å². The molecule has 0 bridgehead atoms. The largest absolute Gasteiger partial charge is 0.376 e. The van der Waals surface area contributed by atoms with E-state index in [1.165, 1.54) is 0 Å². The molecule has 0 aliphatic carbocycles. The van der Waals surface area contributed by atoms with Crippen molar-refractivity contribution in [1.29, 1.82) is 0 Å². The Hall–Kier alpha value is -1.65. The lowest BCUT2D eigenvalue weighted by molar-refractivity contribution is -0.0297. The van der Waals surface area contributed by atoms with Gasteiger partial charge in [0.25, 0.3) is 0 Å². The summed E-state index contributed by atoms with van der Waals surface area (Å²) in [4.78, 5) is 0. The van der Waals surface area contributed by atoms with Gasteiger partial charge in [-0.1, -0.05) is 25.1 Å². The molecule has 1 aromatic heterocycles. The summed E-state index contributed by atoms with van der Waals surface area (Å²) in [6.07, 6.45) is 2.74. The SMILES string of the molecule is CCC(C)(OC)C(NC)c1ccnn1-c1ccccc1. The number of aromatic nitrogens is 2. The molecule has 1 N–H and O–H groups in total. The fourth-order valence-corrected chi connectivity index (χ4v) is 2.55. The Morgan fingerprint density at radius 1 is 1.30 bits per heavy atom. The maximum Gasteiger partial charge on any atom is 0.0857 e. The second-order valence-electron chi connectivity index (χ2n) is 5.10. The third-order valence-electron chi connectivity index (χ3n) is 4.04. The number of nitrogens with one attached hydrogen (secondary N) is 1. The number of ether oxygens (including phenoxy) is 1. The Bertz CT molecular complexity index is 532. The van der Waals surface area contributed by atoms with E-state index in [4.69, 9.17) is 4.74 Å². The fourth-order valence-electron chi connectivity index (χ4n) is 2.55. The van der Waals surface area contributed by atoms with Gasteiger partial charge in [-0.05, 0) is 38.6 Å². The van der Waals surface area contributed by atoms with Crippen LogP contribution in [0.2, 0.25) is 0 Å². The van der Waals surface area contributed by atoms with Crippen LogP contribution in [-0.2, 0) is 4.74 Å². The van der Waals surface area contributed by atoms with Gasteiger partial charge in [-0.25, -0.2) is 4.68 Å². The van der Waals surface area contributed by atoms with E-state index in [1.807, 2.05) is 42.2 Å². The van der Waals surface area contributed by atoms with E-state index in [0.717, 1.165) is 17.8 Å². The lowest BCUT2D eigenvalue weighted by Crippen LogP contribution is -2.42. The van der Waals surface area contributed by atoms with E-state index in [2.05, 4.69) is 36.4 Å². The van der Waals surface area contributed by atoms with Gasteiger partial charge in [0.2, 0.25) is 0 Å². The highest BCUT2D eigenvalue weighted by molar-refractivity contribution is 5.33. The summed E-state index contributed by atoms with van der Waals surface area (Å²) in [6, 6.07) is 12.3. The van der Waals surface area contributed by atoms with Crippen LogP contribution >= 0.6 is 0 Å². The van der Waals surface area contributed by atoms with Gasteiger partial charge in [0.15, 0.2) is 0 Å². The van der Waals surface area contributed by atoms with E-state index in [9.17, 15) is 0 Å². The van der Waals surface area contributed by atoms with Crippen LogP contribution < -0.4 is 5.32 Å². The van der Waals surface area contributed by atoms with Crippen molar-refractivity contribution in [1.82, 2.24) is 15.1 Å². The van der Waals surface area contributed by atoms with Crippen molar-refractivity contribution >= 4 is 0 Å². The molecule has 1 aromatic carbocycles. The number of nitrogens with zero attached hydrogens (tertiary/aromatic N) is 2. The standard InChI is InChI=1S/C16H23N3O/c1-5-16(2,20-4)15(17-3)14-11-12-18-19(14)13-9-7-6-8-10-13/h6-12,15,17H,5H2,1-4H3. The van der Waals surface area contributed by atoms with Crippen molar-refractivity contribution in [2.75, 3.05) is 14.2 Å². The maximum absolute atomic E-state index is 5.75. The first kappa shape index (κ1) is 14.8. The lowest BCUT2D eigenvalue weighted by atomic mass is 9.90. The van der Waals surface area contributed by atoms with Crippen LogP contribution in [0.5, 0.6) is 0 Å². The van der Waals surface area contributed by atoms with Crippen LogP contribution in [-0.4, -0.2) is 29.5 Å². The van der Waals surface area contributed by atoms with Crippen molar-refractivity contribution in [3.05, 3.63) is 48.3 Å². The molecule has 2 unspecified atom stereocenters. The van der Waals surface area contributed by atoms with Crippen LogP contribution in [0.1, 0.15) is 32.0 Å². The zero-order chi connectivity index (χ0) is 14.6. The number of methoxy groups -OCH3 is 1. The third-order valence-corrected chi connectivity index (χ3v) is 4.04. The molecule has 0 saturated heterocycles. The van der Waals surface area contributed by atoms with Crippen LogP contribution in [0.15, 0.2) is 42.6 Å². The molecule has 0 aliphatic rings. The summed E-state index contributed by atoms with van der Waals surface area (Å²) in [5.74, 6) is 0. The van der Waals surface area contributed by atoms with Gasteiger partial charge in [-0.3, -0.25) is 0 Å². The van der Waals surface area contributed by atoms with Gasteiger partial charge in [0.05, 0.1) is 23.0 Å². The minimum Gasteiger partial charge on any atom is -0.376 e. The molecule has 108 valence electrons. The maximum atomic E-state index is 5.75. The van der Waals surface area contributed by atoms with E-state index in [1.54, 1.807) is 7.11 Å². The minimum absolute atomic E-state index is 0.0696. The molecule has 0 aliphatic heterocycles. The van der Waals surface area contributed by atoms with Crippen LogP contribution in [0, 0.1) is 0 Å². The Morgan fingerprint density at radius 2 is 2.00 bits per heavy atom. The molecule has 1 heterocycles. The summed E-state index contributed by atoms with van der Waals surface area (Å²) >= 11 is 0. The van der Waals surface area contributed by atoms with Gasteiger partial charge < -0.3 is 10.1 Å². The predicted octanol–water partition coefficient (Wildman–Crippen LogP) is 2.95. The van der Waals surface area contributed by atoms with Crippen molar-refractivity contribution in [2.45, 2.75) is 31.9 Å². The number of likely N-dealkylation sites (N-methyl/N-ethyl adjacent to an activating group) is 1.